The molecule has 1 atom stereocenters. The van der Waals surface area contributed by atoms with E-state index in [1.54, 1.807) is 31.4 Å². The van der Waals surface area contributed by atoms with Gasteiger partial charge in [-0.05, 0) is 17.7 Å². The number of esters is 1. The zero-order valence-corrected chi connectivity index (χ0v) is 12.7. The number of carbonyl (C=O) groups is 3. The van der Waals surface area contributed by atoms with Crippen LogP contribution in [-0.2, 0) is 20.9 Å². The topological polar surface area (TPSA) is 76.2 Å². The Bertz CT molecular complexity index is 584. The van der Waals surface area contributed by atoms with Gasteiger partial charge in [0, 0.05) is 14.0 Å². The highest BCUT2D eigenvalue weighted by atomic mass is 16.5. The zero-order valence-electron chi connectivity index (χ0n) is 12.7. The molecule has 1 aromatic rings. The lowest BCUT2D eigenvalue weighted by Gasteiger charge is -2.15. The Balaban J connectivity index is 2.08. The minimum absolute atomic E-state index is 0.129. The van der Waals surface area contributed by atoms with Crippen LogP contribution in [0.3, 0.4) is 0 Å². The number of hydrogen-bond donors (Lipinski definition) is 0. The van der Waals surface area contributed by atoms with Crippen molar-refractivity contribution in [1.29, 1.82) is 0 Å². The van der Waals surface area contributed by atoms with Crippen LogP contribution < -0.4 is 4.74 Å². The van der Waals surface area contributed by atoms with Crippen molar-refractivity contribution in [3.05, 3.63) is 29.8 Å². The summed E-state index contributed by atoms with van der Waals surface area (Å²) in [4.78, 5) is 37.8. The first-order valence-electron chi connectivity index (χ1n) is 6.78. The van der Waals surface area contributed by atoms with Crippen LogP contribution in [0, 0.1) is 0 Å². The summed E-state index contributed by atoms with van der Waals surface area (Å²) in [6.07, 6.45) is 0. The van der Waals surface area contributed by atoms with Crippen LogP contribution >= 0.6 is 0 Å². The molecule has 1 aliphatic rings. The average Bonchev–Trinajstić information content (AvgIpc) is 2.70. The van der Waals surface area contributed by atoms with E-state index < -0.39 is 18.0 Å². The second-order valence-electron chi connectivity index (χ2n) is 4.98. The minimum atomic E-state index is -0.769. The molecule has 7 nitrogen and oxygen atoms in total. The average molecular weight is 306 g/mol. The third-order valence-electron chi connectivity index (χ3n) is 3.50. The van der Waals surface area contributed by atoms with Crippen molar-refractivity contribution in [2.45, 2.75) is 19.5 Å². The lowest BCUT2D eigenvalue weighted by molar-refractivity contribution is -0.143. The molecule has 118 valence electrons. The molecule has 1 aliphatic heterocycles. The predicted molar refractivity (Wildman–Crippen MR) is 77.1 cm³/mol. The van der Waals surface area contributed by atoms with Crippen molar-refractivity contribution < 1.29 is 23.9 Å². The Morgan fingerprint density at radius 3 is 2.41 bits per heavy atom. The number of ether oxygens (including phenoxy) is 2. The Morgan fingerprint density at radius 2 is 1.86 bits per heavy atom. The van der Waals surface area contributed by atoms with E-state index in [1.807, 2.05) is 0 Å². The summed E-state index contributed by atoms with van der Waals surface area (Å²) in [6, 6.07) is 5.94. The van der Waals surface area contributed by atoms with E-state index >= 15 is 0 Å². The zero-order chi connectivity index (χ0) is 16.3. The van der Waals surface area contributed by atoms with Gasteiger partial charge in [-0.1, -0.05) is 12.1 Å². The molecule has 2 rings (SSSR count). The second-order valence-corrected chi connectivity index (χ2v) is 4.98. The molecule has 0 spiro atoms. The van der Waals surface area contributed by atoms with E-state index in [4.69, 9.17) is 9.47 Å². The van der Waals surface area contributed by atoms with Crippen LogP contribution in [0.15, 0.2) is 24.3 Å². The number of methoxy groups -OCH3 is 1. The largest absolute Gasteiger partial charge is 0.497 e. The third-order valence-corrected chi connectivity index (χ3v) is 3.50. The van der Waals surface area contributed by atoms with Gasteiger partial charge in [0.1, 0.15) is 18.4 Å². The van der Waals surface area contributed by atoms with Crippen molar-refractivity contribution in [3.8, 4) is 5.75 Å². The van der Waals surface area contributed by atoms with Gasteiger partial charge in [0.05, 0.1) is 13.7 Å². The maximum Gasteiger partial charge on any atom is 0.327 e. The van der Waals surface area contributed by atoms with Crippen molar-refractivity contribution in [3.63, 3.8) is 0 Å². The Labute approximate surface area is 128 Å². The summed E-state index contributed by atoms with van der Waals surface area (Å²) in [5.41, 5.74) is 0.809. The predicted octanol–water partition coefficient (Wildman–Crippen LogP) is 1.02. The van der Waals surface area contributed by atoms with Crippen LogP contribution in [0.1, 0.15) is 12.5 Å². The summed E-state index contributed by atoms with van der Waals surface area (Å²) < 4.78 is 9.91. The molecule has 1 aromatic carbocycles. The molecule has 0 aliphatic carbocycles. The van der Waals surface area contributed by atoms with Crippen molar-refractivity contribution >= 4 is 17.9 Å². The first-order valence-corrected chi connectivity index (χ1v) is 6.78. The van der Waals surface area contributed by atoms with Gasteiger partial charge in [-0.3, -0.25) is 14.5 Å². The number of urea groups is 1. The highest BCUT2D eigenvalue weighted by molar-refractivity contribution is 6.04. The van der Waals surface area contributed by atoms with Crippen molar-refractivity contribution in [1.82, 2.24) is 9.80 Å². The quantitative estimate of drug-likeness (QED) is 0.599. The smallest absolute Gasteiger partial charge is 0.327 e. The summed E-state index contributed by atoms with van der Waals surface area (Å²) >= 11 is 0. The van der Waals surface area contributed by atoms with Crippen LogP contribution in [0.25, 0.3) is 0 Å². The lowest BCUT2D eigenvalue weighted by atomic mass is 10.2. The molecular formula is C15H18N2O5. The highest BCUT2D eigenvalue weighted by Gasteiger charge is 2.43. The van der Waals surface area contributed by atoms with Crippen LogP contribution in [0.5, 0.6) is 5.75 Å². The molecule has 0 N–H and O–H groups in total. The number of benzene rings is 1. The maximum absolute atomic E-state index is 12.3. The second kappa shape index (κ2) is 6.46. The van der Waals surface area contributed by atoms with Gasteiger partial charge >= 0.3 is 12.0 Å². The fraction of sp³-hybridized carbons (Fsp3) is 0.400. The van der Waals surface area contributed by atoms with Crippen LogP contribution in [0.2, 0.25) is 0 Å². The standard InChI is InChI=1S/C15H18N2O5/c1-10(18)22-9-13-14(19)17(15(20)16(13)2)8-11-4-6-12(21-3)7-5-11/h4-7,13H,8-9H2,1-3H3. The van der Waals surface area contributed by atoms with Gasteiger partial charge in [0.2, 0.25) is 0 Å². The summed E-state index contributed by atoms with van der Waals surface area (Å²) in [5.74, 6) is -0.153. The van der Waals surface area contributed by atoms with Crippen LogP contribution in [-0.4, -0.2) is 54.5 Å². The molecule has 0 bridgehead atoms. The molecule has 0 aromatic heterocycles. The number of imide groups is 1. The van der Waals surface area contributed by atoms with E-state index in [0.717, 1.165) is 10.5 Å². The molecule has 3 amide bonds. The highest BCUT2D eigenvalue weighted by Crippen LogP contribution is 2.20. The number of carbonyl (C=O) groups excluding carboxylic acids is 3. The van der Waals surface area contributed by atoms with Gasteiger partial charge in [-0.15, -0.1) is 0 Å². The monoisotopic (exact) mass is 306 g/mol. The Hall–Kier alpha value is -2.57. The normalized spacial score (nSPS) is 17.9. The molecule has 1 saturated heterocycles. The first kappa shape index (κ1) is 15.8. The molecule has 0 radical (unpaired) electrons. The molecule has 1 fully saturated rings. The number of hydrogen-bond acceptors (Lipinski definition) is 5. The van der Waals surface area contributed by atoms with Gasteiger partial charge in [0.25, 0.3) is 5.91 Å². The Kier molecular flexibility index (Phi) is 4.65. The lowest BCUT2D eigenvalue weighted by Crippen LogP contribution is -2.36. The van der Waals surface area contributed by atoms with E-state index in [0.29, 0.717) is 5.75 Å². The van der Waals surface area contributed by atoms with E-state index in [2.05, 4.69) is 0 Å². The van der Waals surface area contributed by atoms with Crippen molar-refractivity contribution in [2.75, 3.05) is 20.8 Å². The fourth-order valence-electron chi connectivity index (χ4n) is 2.20. The minimum Gasteiger partial charge on any atom is -0.497 e. The van der Waals surface area contributed by atoms with Crippen molar-refractivity contribution in [2.24, 2.45) is 0 Å². The molecule has 7 heteroatoms. The van der Waals surface area contributed by atoms with Gasteiger partial charge in [-0.2, -0.15) is 0 Å². The van der Waals surface area contributed by atoms with Gasteiger partial charge < -0.3 is 14.4 Å². The molecule has 1 unspecified atom stereocenters. The van der Waals surface area contributed by atoms with E-state index in [9.17, 15) is 14.4 Å². The summed E-state index contributed by atoms with van der Waals surface area (Å²) in [7, 11) is 3.08. The molecule has 0 saturated carbocycles. The third kappa shape index (κ3) is 3.19. The number of amides is 3. The van der Waals surface area contributed by atoms with Crippen LogP contribution in [0.4, 0.5) is 4.79 Å². The summed E-state index contributed by atoms with van der Waals surface area (Å²) in [6.45, 7) is 1.30. The molecule has 1 heterocycles. The summed E-state index contributed by atoms with van der Waals surface area (Å²) in [5, 5.41) is 0. The first-order chi connectivity index (χ1) is 10.4. The van der Waals surface area contributed by atoms with Gasteiger partial charge in [0.15, 0.2) is 0 Å². The van der Waals surface area contributed by atoms with E-state index in [1.165, 1.54) is 18.9 Å². The number of nitrogens with zero attached hydrogens (tertiary/aromatic N) is 2. The maximum atomic E-state index is 12.3. The van der Waals surface area contributed by atoms with Gasteiger partial charge in [-0.25, -0.2) is 4.79 Å². The van der Waals surface area contributed by atoms with E-state index in [-0.39, 0.29) is 19.1 Å². The Morgan fingerprint density at radius 1 is 1.23 bits per heavy atom. The fourth-order valence-corrected chi connectivity index (χ4v) is 2.20. The molecular weight excluding hydrogens is 288 g/mol. The number of rotatable bonds is 5. The number of likely N-dealkylation sites (N-methyl/N-ethyl adjacent to an activating group) is 1. The molecule has 22 heavy (non-hydrogen) atoms. The SMILES string of the molecule is COc1ccc(CN2C(=O)C(COC(C)=O)N(C)C2=O)cc1.